The van der Waals surface area contributed by atoms with Crippen LogP contribution in [0.2, 0.25) is 0 Å². The molecule has 140 valence electrons. The maximum absolute atomic E-state index is 11.9. The van der Waals surface area contributed by atoms with Crippen LogP contribution in [0.15, 0.2) is 54.6 Å². The molecule has 0 fully saturated rings. The Hall–Kier alpha value is -3.08. The van der Waals surface area contributed by atoms with E-state index in [1.54, 1.807) is 20.8 Å². The van der Waals surface area contributed by atoms with Crippen LogP contribution in [-0.4, -0.2) is 28.8 Å². The molecule has 1 atom stereocenters. The average Bonchev–Trinajstić information content (AvgIpc) is 2.57. The number of hydrogen-bond acceptors (Lipinski definition) is 3. The third kappa shape index (κ3) is 4.76. The molecule has 5 nitrogen and oxygen atoms in total. The Kier molecular flexibility index (Phi) is 5.04. The molecule has 0 spiro atoms. The highest BCUT2D eigenvalue weighted by Crippen LogP contribution is 2.24. The van der Waals surface area contributed by atoms with Crippen LogP contribution in [0.4, 0.5) is 4.79 Å². The number of rotatable bonds is 4. The number of alkyl carbamates (subject to hydrolysis) is 1. The molecule has 3 rings (SSSR count). The van der Waals surface area contributed by atoms with Gasteiger partial charge in [0, 0.05) is 6.42 Å². The quantitative estimate of drug-likeness (QED) is 0.667. The van der Waals surface area contributed by atoms with Gasteiger partial charge in [-0.3, -0.25) is 0 Å². The predicted octanol–water partition coefficient (Wildman–Crippen LogP) is 4.51. The fourth-order valence-corrected chi connectivity index (χ4v) is 3.00. The van der Waals surface area contributed by atoms with Crippen LogP contribution in [0.1, 0.15) is 26.3 Å². The zero-order valence-electron chi connectivity index (χ0n) is 15.7. The van der Waals surface area contributed by atoms with Crippen molar-refractivity contribution in [2.45, 2.75) is 38.8 Å². The minimum Gasteiger partial charge on any atom is -0.480 e. The summed E-state index contributed by atoms with van der Waals surface area (Å²) < 4.78 is 5.16. The molecule has 5 heteroatoms. The third-order valence-corrected chi connectivity index (χ3v) is 4.20. The fourth-order valence-electron chi connectivity index (χ4n) is 3.00. The number of carbonyl (C=O) groups excluding carboxylic acids is 1. The molecule has 0 aliphatic heterocycles. The Morgan fingerprint density at radius 2 is 1.56 bits per heavy atom. The summed E-state index contributed by atoms with van der Waals surface area (Å²) in [5.41, 5.74) is 0.151. The SMILES string of the molecule is CC(C)(C)OC(=O)N[C@H](Cc1ccc2cc3ccccc3cc2c1)C(=O)O. The number of benzene rings is 3. The van der Waals surface area contributed by atoms with E-state index in [9.17, 15) is 14.7 Å². The van der Waals surface area contributed by atoms with Gasteiger partial charge in [0.1, 0.15) is 11.6 Å². The van der Waals surface area contributed by atoms with Gasteiger partial charge in [0.15, 0.2) is 0 Å². The van der Waals surface area contributed by atoms with Crippen molar-refractivity contribution in [3.05, 3.63) is 60.2 Å². The number of ether oxygens (including phenoxy) is 1. The number of nitrogens with one attached hydrogen (secondary N) is 1. The van der Waals surface area contributed by atoms with Gasteiger partial charge >= 0.3 is 12.1 Å². The molecule has 0 aliphatic rings. The average molecular weight is 365 g/mol. The van der Waals surface area contributed by atoms with Gasteiger partial charge in [-0.2, -0.15) is 0 Å². The molecule has 1 amide bonds. The molecule has 3 aromatic rings. The third-order valence-electron chi connectivity index (χ3n) is 4.20. The Balaban J connectivity index is 1.83. The van der Waals surface area contributed by atoms with Gasteiger partial charge in [-0.05, 0) is 60.0 Å². The first-order valence-electron chi connectivity index (χ1n) is 8.85. The molecule has 0 radical (unpaired) electrons. The number of aliphatic carboxylic acids is 1. The Labute approximate surface area is 157 Å². The second-order valence-electron chi connectivity index (χ2n) is 7.62. The maximum Gasteiger partial charge on any atom is 0.408 e. The lowest BCUT2D eigenvalue weighted by atomic mass is 9.99. The van der Waals surface area contributed by atoms with Crippen molar-refractivity contribution in [2.24, 2.45) is 0 Å². The van der Waals surface area contributed by atoms with Crippen LogP contribution < -0.4 is 5.32 Å². The Bertz CT molecular complexity index is 1000. The highest BCUT2D eigenvalue weighted by atomic mass is 16.6. The molecule has 0 heterocycles. The summed E-state index contributed by atoms with van der Waals surface area (Å²) in [5, 5.41) is 16.3. The number of hydrogen-bond donors (Lipinski definition) is 2. The molecule has 0 aromatic heterocycles. The number of amides is 1. The second-order valence-corrected chi connectivity index (χ2v) is 7.62. The Morgan fingerprint density at radius 3 is 2.15 bits per heavy atom. The van der Waals surface area contributed by atoms with Crippen LogP contribution >= 0.6 is 0 Å². The van der Waals surface area contributed by atoms with Crippen LogP contribution in [0.5, 0.6) is 0 Å². The van der Waals surface area contributed by atoms with E-state index in [-0.39, 0.29) is 6.42 Å². The van der Waals surface area contributed by atoms with Gasteiger partial charge < -0.3 is 15.2 Å². The van der Waals surface area contributed by atoms with Crippen molar-refractivity contribution >= 4 is 33.6 Å². The number of carbonyl (C=O) groups is 2. The topological polar surface area (TPSA) is 75.6 Å². The summed E-state index contributed by atoms with van der Waals surface area (Å²) in [6.07, 6.45) is -0.557. The highest BCUT2D eigenvalue weighted by molar-refractivity contribution is 5.98. The van der Waals surface area contributed by atoms with E-state index < -0.39 is 23.7 Å². The van der Waals surface area contributed by atoms with E-state index in [4.69, 9.17) is 4.74 Å². The minimum absolute atomic E-state index is 0.178. The van der Waals surface area contributed by atoms with Gasteiger partial charge in [0.2, 0.25) is 0 Å². The lowest BCUT2D eigenvalue weighted by Crippen LogP contribution is -2.44. The van der Waals surface area contributed by atoms with Crippen LogP contribution in [0, 0.1) is 0 Å². The molecule has 3 aromatic carbocycles. The molecule has 0 bridgehead atoms. The minimum atomic E-state index is -1.10. The summed E-state index contributed by atoms with van der Waals surface area (Å²) in [5.74, 6) is -1.10. The van der Waals surface area contributed by atoms with E-state index in [1.165, 1.54) is 0 Å². The molecular weight excluding hydrogens is 342 g/mol. The molecule has 0 saturated heterocycles. The van der Waals surface area contributed by atoms with Gasteiger partial charge in [-0.1, -0.05) is 42.5 Å². The first kappa shape index (κ1) is 18.7. The fraction of sp³-hybridized carbons (Fsp3) is 0.273. The van der Waals surface area contributed by atoms with E-state index >= 15 is 0 Å². The van der Waals surface area contributed by atoms with Crippen LogP contribution in [0.25, 0.3) is 21.5 Å². The van der Waals surface area contributed by atoms with E-state index in [0.717, 1.165) is 27.1 Å². The summed E-state index contributed by atoms with van der Waals surface area (Å²) in [7, 11) is 0. The first-order chi connectivity index (χ1) is 12.7. The van der Waals surface area contributed by atoms with Crippen LogP contribution in [-0.2, 0) is 16.0 Å². The first-order valence-corrected chi connectivity index (χ1v) is 8.85. The summed E-state index contributed by atoms with van der Waals surface area (Å²) in [6.45, 7) is 5.20. The largest absolute Gasteiger partial charge is 0.480 e. The smallest absolute Gasteiger partial charge is 0.408 e. The zero-order chi connectivity index (χ0) is 19.6. The number of fused-ring (bicyclic) bond motifs is 2. The van der Waals surface area contributed by atoms with Crippen molar-refractivity contribution < 1.29 is 19.4 Å². The lowest BCUT2D eigenvalue weighted by Gasteiger charge is -2.22. The van der Waals surface area contributed by atoms with Crippen molar-refractivity contribution in [2.75, 3.05) is 0 Å². The standard InChI is InChI=1S/C22H23NO4/c1-22(2,3)27-21(26)23-19(20(24)25)11-14-8-9-17-12-15-6-4-5-7-16(15)13-18(17)10-14/h4-10,12-13,19H,11H2,1-3H3,(H,23,26)(H,24,25)/t19-/m1/s1. The van der Waals surface area contributed by atoms with Crippen molar-refractivity contribution in [1.82, 2.24) is 5.32 Å². The maximum atomic E-state index is 11.9. The van der Waals surface area contributed by atoms with Gasteiger partial charge in [0.25, 0.3) is 0 Å². The van der Waals surface area contributed by atoms with Crippen molar-refractivity contribution in [3.63, 3.8) is 0 Å². The molecular formula is C22H23NO4. The van der Waals surface area contributed by atoms with E-state index in [2.05, 4.69) is 23.5 Å². The second kappa shape index (κ2) is 7.27. The van der Waals surface area contributed by atoms with E-state index in [1.807, 2.05) is 36.4 Å². The molecule has 0 unspecified atom stereocenters. The summed E-state index contributed by atoms with van der Waals surface area (Å²) in [6, 6.07) is 17.1. The summed E-state index contributed by atoms with van der Waals surface area (Å²) in [4.78, 5) is 23.5. The summed E-state index contributed by atoms with van der Waals surface area (Å²) >= 11 is 0. The Morgan fingerprint density at radius 1 is 0.963 bits per heavy atom. The van der Waals surface area contributed by atoms with Crippen LogP contribution in [0.3, 0.4) is 0 Å². The molecule has 2 N–H and O–H groups in total. The highest BCUT2D eigenvalue weighted by Gasteiger charge is 2.24. The monoisotopic (exact) mass is 365 g/mol. The van der Waals surface area contributed by atoms with E-state index in [0.29, 0.717) is 0 Å². The molecule has 27 heavy (non-hydrogen) atoms. The van der Waals surface area contributed by atoms with Gasteiger partial charge in [0.05, 0.1) is 0 Å². The van der Waals surface area contributed by atoms with Gasteiger partial charge in [-0.25, -0.2) is 9.59 Å². The normalized spacial score (nSPS) is 12.7. The lowest BCUT2D eigenvalue weighted by molar-refractivity contribution is -0.139. The van der Waals surface area contributed by atoms with Crippen molar-refractivity contribution in [1.29, 1.82) is 0 Å². The number of carboxylic acid groups (broad SMARTS) is 1. The molecule has 0 aliphatic carbocycles. The predicted molar refractivity (Wildman–Crippen MR) is 106 cm³/mol. The zero-order valence-corrected chi connectivity index (χ0v) is 15.7. The van der Waals surface area contributed by atoms with Crippen molar-refractivity contribution in [3.8, 4) is 0 Å². The van der Waals surface area contributed by atoms with Gasteiger partial charge in [-0.15, -0.1) is 0 Å². The number of carboxylic acids is 1. The molecule has 0 saturated carbocycles.